The molecule has 0 unspecified atom stereocenters. The number of benzene rings is 3. The van der Waals surface area contributed by atoms with Crippen molar-refractivity contribution in [1.82, 2.24) is 24.4 Å². The third-order valence-corrected chi connectivity index (χ3v) is 7.37. The van der Waals surface area contributed by atoms with E-state index in [2.05, 4.69) is 17.0 Å². The highest BCUT2D eigenvalue weighted by atomic mass is 32.1. The van der Waals surface area contributed by atoms with Gasteiger partial charge in [0.15, 0.2) is 5.82 Å². The Labute approximate surface area is 229 Å². The SMILES string of the molecule is CCCCCOc1ccc(-c2nc3s/c(=C\c4cn(-c5ccccc5)nc4-c4ccccc4)c(=O)n3n2)cc1. The summed E-state index contributed by atoms with van der Waals surface area (Å²) < 4.78 is 9.57. The van der Waals surface area contributed by atoms with E-state index >= 15 is 0 Å². The average Bonchev–Trinajstić information content (AvgIpc) is 3.67. The molecule has 7 nitrogen and oxygen atoms in total. The van der Waals surface area contributed by atoms with E-state index in [1.807, 2.05) is 102 Å². The summed E-state index contributed by atoms with van der Waals surface area (Å²) in [6.07, 6.45) is 7.20. The lowest BCUT2D eigenvalue weighted by molar-refractivity contribution is 0.306. The van der Waals surface area contributed by atoms with Gasteiger partial charge in [0.2, 0.25) is 4.96 Å². The van der Waals surface area contributed by atoms with E-state index in [9.17, 15) is 4.79 Å². The van der Waals surface area contributed by atoms with Crippen LogP contribution in [0.4, 0.5) is 0 Å². The molecule has 0 aliphatic heterocycles. The predicted octanol–water partition coefficient (Wildman–Crippen LogP) is 5.79. The van der Waals surface area contributed by atoms with E-state index in [1.165, 1.54) is 15.9 Å². The van der Waals surface area contributed by atoms with E-state index in [0.717, 1.165) is 53.1 Å². The van der Waals surface area contributed by atoms with Crippen LogP contribution in [0.3, 0.4) is 0 Å². The van der Waals surface area contributed by atoms with Crippen LogP contribution in [0.5, 0.6) is 5.75 Å². The number of aromatic nitrogens is 5. The van der Waals surface area contributed by atoms with Gasteiger partial charge in [-0.15, -0.1) is 5.10 Å². The van der Waals surface area contributed by atoms with Crippen molar-refractivity contribution in [3.05, 3.63) is 112 Å². The van der Waals surface area contributed by atoms with Crippen LogP contribution in [0.1, 0.15) is 31.7 Å². The fourth-order valence-corrected chi connectivity index (χ4v) is 5.26. The van der Waals surface area contributed by atoms with Crippen molar-refractivity contribution in [3.8, 4) is 34.1 Å². The molecule has 0 aliphatic carbocycles. The molecule has 0 fully saturated rings. The number of thiazole rings is 1. The largest absolute Gasteiger partial charge is 0.494 e. The lowest BCUT2D eigenvalue weighted by atomic mass is 10.1. The molecule has 0 atom stereocenters. The molecular formula is C31H27N5O2S. The van der Waals surface area contributed by atoms with Crippen LogP contribution in [0, 0.1) is 0 Å². The van der Waals surface area contributed by atoms with Crippen LogP contribution >= 0.6 is 11.3 Å². The summed E-state index contributed by atoms with van der Waals surface area (Å²) >= 11 is 1.32. The molecule has 0 aliphatic rings. The van der Waals surface area contributed by atoms with Crippen LogP contribution in [-0.2, 0) is 0 Å². The van der Waals surface area contributed by atoms with Crippen LogP contribution in [0.15, 0.2) is 95.9 Å². The normalized spacial score (nSPS) is 11.9. The highest BCUT2D eigenvalue weighted by Gasteiger charge is 2.15. The third-order valence-electron chi connectivity index (χ3n) is 6.41. The van der Waals surface area contributed by atoms with Crippen molar-refractivity contribution in [2.24, 2.45) is 0 Å². The fourth-order valence-electron chi connectivity index (χ4n) is 4.37. The van der Waals surface area contributed by atoms with E-state index in [1.54, 1.807) is 0 Å². The first-order valence-corrected chi connectivity index (χ1v) is 13.9. The second kappa shape index (κ2) is 11.0. The van der Waals surface area contributed by atoms with E-state index in [-0.39, 0.29) is 5.56 Å². The molecule has 0 radical (unpaired) electrons. The maximum atomic E-state index is 13.3. The van der Waals surface area contributed by atoms with Gasteiger partial charge in [-0.05, 0) is 48.9 Å². The molecule has 0 saturated heterocycles. The van der Waals surface area contributed by atoms with Crippen molar-refractivity contribution >= 4 is 22.4 Å². The molecule has 0 bridgehead atoms. The van der Waals surface area contributed by atoms with Gasteiger partial charge in [0, 0.05) is 22.9 Å². The Hall–Kier alpha value is -4.56. The van der Waals surface area contributed by atoms with Crippen LogP contribution in [0.2, 0.25) is 0 Å². The molecule has 194 valence electrons. The number of nitrogens with zero attached hydrogens (tertiary/aromatic N) is 5. The molecule has 3 aromatic heterocycles. The standard InChI is InChI=1S/C31H27N5O2S/c1-2-3-10-19-38-26-17-15-23(16-18-26)29-32-31-36(34-29)30(37)27(39-31)20-24-21-35(25-13-8-5-9-14-25)33-28(24)22-11-6-4-7-12-22/h4-9,11-18,20-21H,2-3,10,19H2,1H3/b27-20-. The fraction of sp³-hybridized carbons (Fsp3) is 0.161. The summed E-state index contributed by atoms with van der Waals surface area (Å²) in [6.45, 7) is 2.88. The number of ether oxygens (including phenoxy) is 1. The van der Waals surface area contributed by atoms with Crippen LogP contribution in [-0.4, -0.2) is 31.0 Å². The Bertz CT molecular complexity index is 1810. The van der Waals surface area contributed by atoms with Gasteiger partial charge in [-0.25, -0.2) is 4.68 Å². The summed E-state index contributed by atoms with van der Waals surface area (Å²) in [5.41, 5.74) is 4.21. The van der Waals surface area contributed by atoms with Crippen molar-refractivity contribution < 1.29 is 4.74 Å². The van der Waals surface area contributed by atoms with Gasteiger partial charge in [0.25, 0.3) is 5.56 Å². The van der Waals surface area contributed by atoms with E-state index in [4.69, 9.17) is 9.84 Å². The maximum absolute atomic E-state index is 13.3. The lowest BCUT2D eigenvalue weighted by Gasteiger charge is -2.05. The molecular weight excluding hydrogens is 506 g/mol. The van der Waals surface area contributed by atoms with Crippen LogP contribution < -0.4 is 14.8 Å². The highest BCUT2D eigenvalue weighted by molar-refractivity contribution is 7.15. The summed E-state index contributed by atoms with van der Waals surface area (Å²) in [6, 6.07) is 27.6. The molecule has 39 heavy (non-hydrogen) atoms. The van der Waals surface area contributed by atoms with Gasteiger partial charge in [0.05, 0.1) is 22.5 Å². The number of hydrogen-bond donors (Lipinski definition) is 0. The summed E-state index contributed by atoms with van der Waals surface area (Å²) in [4.78, 5) is 18.5. The summed E-state index contributed by atoms with van der Waals surface area (Å²) in [7, 11) is 0. The Morgan fingerprint density at radius 1 is 0.872 bits per heavy atom. The number of hydrogen-bond acceptors (Lipinski definition) is 6. The number of rotatable bonds is 9. The van der Waals surface area contributed by atoms with Gasteiger partial charge in [-0.3, -0.25) is 4.79 Å². The van der Waals surface area contributed by atoms with Crippen molar-refractivity contribution in [2.75, 3.05) is 6.61 Å². The second-order valence-electron chi connectivity index (χ2n) is 9.20. The highest BCUT2D eigenvalue weighted by Crippen LogP contribution is 2.25. The quantitative estimate of drug-likeness (QED) is 0.220. The zero-order valence-electron chi connectivity index (χ0n) is 21.5. The maximum Gasteiger partial charge on any atom is 0.291 e. The third kappa shape index (κ3) is 5.24. The molecule has 8 heteroatoms. The zero-order chi connectivity index (χ0) is 26.6. The molecule has 0 N–H and O–H groups in total. The van der Waals surface area contributed by atoms with Gasteiger partial charge >= 0.3 is 0 Å². The van der Waals surface area contributed by atoms with Crippen LogP contribution in [0.25, 0.3) is 39.4 Å². The first-order chi connectivity index (χ1) is 19.2. The monoisotopic (exact) mass is 533 g/mol. The number of para-hydroxylation sites is 1. The Morgan fingerprint density at radius 2 is 1.62 bits per heavy atom. The van der Waals surface area contributed by atoms with E-state index in [0.29, 0.717) is 21.9 Å². The minimum Gasteiger partial charge on any atom is -0.494 e. The predicted molar refractivity (Wildman–Crippen MR) is 155 cm³/mol. The average molecular weight is 534 g/mol. The topological polar surface area (TPSA) is 74.3 Å². The first kappa shape index (κ1) is 24.8. The molecule has 0 amide bonds. The van der Waals surface area contributed by atoms with Gasteiger partial charge in [-0.1, -0.05) is 79.6 Å². The Balaban J connectivity index is 1.33. The Kier molecular flexibility index (Phi) is 7.01. The minimum atomic E-state index is -0.198. The van der Waals surface area contributed by atoms with E-state index < -0.39 is 0 Å². The van der Waals surface area contributed by atoms with Crippen molar-refractivity contribution in [2.45, 2.75) is 26.2 Å². The molecule has 6 aromatic rings. The Morgan fingerprint density at radius 3 is 2.33 bits per heavy atom. The first-order valence-electron chi connectivity index (χ1n) is 13.0. The lowest BCUT2D eigenvalue weighted by Crippen LogP contribution is -2.23. The minimum absolute atomic E-state index is 0.198. The number of fused-ring (bicyclic) bond motifs is 1. The summed E-state index contributed by atoms with van der Waals surface area (Å²) in [5, 5.41) is 9.36. The van der Waals surface area contributed by atoms with Crippen molar-refractivity contribution in [1.29, 1.82) is 0 Å². The number of unbranched alkanes of at least 4 members (excludes halogenated alkanes) is 2. The zero-order valence-corrected chi connectivity index (χ0v) is 22.3. The van der Waals surface area contributed by atoms with Crippen molar-refractivity contribution in [3.63, 3.8) is 0 Å². The molecule has 6 rings (SSSR count). The molecule has 0 saturated carbocycles. The summed E-state index contributed by atoms with van der Waals surface area (Å²) in [5.74, 6) is 1.34. The molecule has 0 spiro atoms. The molecule has 3 aromatic carbocycles. The van der Waals surface area contributed by atoms with Gasteiger partial charge < -0.3 is 4.74 Å². The van der Waals surface area contributed by atoms with Gasteiger partial charge in [-0.2, -0.15) is 14.6 Å². The second-order valence-corrected chi connectivity index (χ2v) is 10.2. The molecule has 3 heterocycles. The smallest absolute Gasteiger partial charge is 0.291 e. The van der Waals surface area contributed by atoms with Gasteiger partial charge in [0.1, 0.15) is 5.75 Å².